The molecule has 28 heavy (non-hydrogen) atoms. The molecule has 150 valence electrons. The molecule has 0 aromatic heterocycles. The zero-order valence-corrected chi connectivity index (χ0v) is 19.7. The van der Waals surface area contributed by atoms with Crippen molar-refractivity contribution in [2.45, 2.75) is 32.9 Å². The molecule has 2 aromatic rings. The predicted octanol–water partition coefficient (Wildman–Crippen LogP) is 4.38. The molecular formula is C21H24BrIN2O3. The highest BCUT2D eigenvalue weighted by atomic mass is 127. The van der Waals surface area contributed by atoms with Crippen molar-refractivity contribution in [1.82, 2.24) is 10.2 Å². The number of carbonyl (C=O) groups excluding carboxylic acids is 2. The van der Waals surface area contributed by atoms with Gasteiger partial charge >= 0.3 is 0 Å². The minimum atomic E-state index is -0.594. The Morgan fingerprint density at radius 3 is 2.39 bits per heavy atom. The number of carbonyl (C=O) groups is 2. The lowest BCUT2D eigenvalue weighted by molar-refractivity contribution is -0.142. The molecule has 0 radical (unpaired) electrons. The maximum absolute atomic E-state index is 12.9. The summed E-state index contributed by atoms with van der Waals surface area (Å²) >= 11 is 5.62. The zero-order chi connectivity index (χ0) is 20.5. The van der Waals surface area contributed by atoms with Crippen molar-refractivity contribution in [2.24, 2.45) is 0 Å². The van der Waals surface area contributed by atoms with Crippen LogP contribution in [-0.4, -0.2) is 35.9 Å². The molecule has 0 aliphatic carbocycles. The Labute approximate surface area is 188 Å². The summed E-state index contributed by atoms with van der Waals surface area (Å²) in [7, 11) is 0. The molecule has 5 nitrogen and oxygen atoms in total. The molecule has 2 aromatic carbocycles. The van der Waals surface area contributed by atoms with Gasteiger partial charge in [0.25, 0.3) is 5.91 Å². The average molecular weight is 559 g/mol. The smallest absolute Gasteiger partial charge is 0.261 e. The van der Waals surface area contributed by atoms with Gasteiger partial charge in [0.1, 0.15) is 11.8 Å². The highest BCUT2D eigenvalue weighted by Crippen LogP contribution is 2.16. The quantitative estimate of drug-likeness (QED) is 0.465. The van der Waals surface area contributed by atoms with Crippen LogP contribution in [0.5, 0.6) is 5.75 Å². The normalized spacial score (nSPS) is 11.6. The standard InChI is InChI=1S/C21H24BrIN2O3/c1-3-12-24-21(27)15(2)25(13-16-4-6-17(22)7-5-16)20(26)14-28-19-10-8-18(23)9-11-19/h4-11,15H,3,12-14H2,1-2H3,(H,24,27). The van der Waals surface area contributed by atoms with E-state index < -0.39 is 6.04 Å². The van der Waals surface area contributed by atoms with Crippen LogP contribution in [0.15, 0.2) is 53.0 Å². The van der Waals surface area contributed by atoms with Gasteiger partial charge in [0, 0.05) is 21.1 Å². The average Bonchev–Trinajstić information content (AvgIpc) is 2.70. The number of amides is 2. The molecule has 0 fully saturated rings. The molecule has 0 saturated heterocycles. The third-order valence-electron chi connectivity index (χ3n) is 4.16. The van der Waals surface area contributed by atoms with Crippen LogP contribution in [0.25, 0.3) is 0 Å². The van der Waals surface area contributed by atoms with E-state index in [4.69, 9.17) is 4.74 Å². The molecule has 1 unspecified atom stereocenters. The zero-order valence-electron chi connectivity index (χ0n) is 16.0. The van der Waals surface area contributed by atoms with E-state index in [-0.39, 0.29) is 18.4 Å². The molecule has 1 atom stereocenters. The maximum atomic E-state index is 12.9. The first-order valence-electron chi connectivity index (χ1n) is 9.10. The van der Waals surface area contributed by atoms with Crippen LogP contribution in [0.4, 0.5) is 0 Å². The lowest BCUT2D eigenvalue weighted by Crippen LogP contribution is -2.49. The van der Waals surface area contributed by atoms with Crippen LogP contribution in [0.2, 0.25) is 0 Å². The van der Waals surface area contributed by atoms with Gasteiger partial charge in [-0.3, -0.25) is 9.59 Å². The predicted molar refractivity (Wildman–Crippen MR) is 122 cm³/mol. The number of hydrogen-bond acceptors (Lipinski definition) is 3. The molecule has 1 N–H and O–H groups in total. The third kappa shape index (κ3) is 7.09. The summed E-state index contributed by atoms with van der Waals surface area (Å²) in [6.07, 6.45) is 0.842. The highest BCUT2D eigenvalue weighted by Gasteiger charge is 2.26. The second-order valence-electron chi connectivity index (χ2n) is 6.36. The first-order valence-corrected chi connectivity index (χ1v) is 11.0. The summed E-state index contributed by atoms with van der Waals surface area (Å²) in [5.41, 5.74) is 0.945. The first kappa shape index (κ1) is 22.7. The molecule has 2 rings (SSSR count). The Morgan fingerprint density at radius 1 is 1.14 bits per heavy atom. The van der Waals surface area contributed by atoms with Crippen molar-refractivity contribution in [1.29, 1.82) is 0 Å². The molecule has 7 heteroatoms. The number of nitrogens with zero attached hydrogens (tertiary/aromatic N) is 1. The van der Waals surface area contributed by atoms with Gasteiger partial charge in [-0.05, 0) is 77.9 Å². The molecule has 2 amide bonds. The maximum Gasteiger partial charge on any atom is 0.261 e. The van der Waals surface area contributed by atoms with Crippen molar-refractivity contribution in [3.63, 3.8) is 0 Å². The lowest BCUT2D eigenvalue weighted by Gasteiger charge is -2.28. The van der Waals surface area contributed by atoms with Crippen LogP contribution in [-0.2, 0) is 16.1 Å². The van der Waals surface area contributed by atoms with E-state index in [1.165, 1.54) is 0 Å². The van der Waals surface area contributed by atoms with Gasteiger partial charge in [-0.15, -0.1) is 0 Å². The highest BCUT2D eigenvalue weighted by molar-refractivity contribution is 14.1. The number of hydrogen-bond donors (Lipinski definition) is 1. The monoisotopic (exact) mass is 558 g/mol. The molecule has 0 saturated carbocycles. The number of halogens is 2. The van der Waals surface area contributed by atoms with E-state index in [0.29, 0.717) is 18.8 Å². The second kappa shape index (κ2) is 11.4. The van der Waals surface area contributed by atoms with Crippen molar-refractivity contribution >= 4 is 50.3 Å². The van der Waals surface area contributed by atoms with Crippen molar-refractivity contribution in [3.05, 3.63) is 62.1 Å². The van der Waals surface area contributed by atoms with Gasteiger partial charge < -0.3 is 15.0 Å². The van der Waals surface area contributed by atoms with Gasteiger partial charge in [0.15, 0.2) is 6.61 Å². The van der Waals surface area contributed by atoms with Gasteiger partial charge in [0.2, 0.25) is 5.91 Å². The SMILES string of the molecule is CCCNC(=O)C(C)N(Cc1ccc(Br)cc1)C(=O)COc1ccc(I)cc1. The van der Waals surface area contributed by atoms with Gasteiger partial charge in [-0.25, -0.2) is 0 Å². The van der Waals surface area contributed by atoms with Crippen molar-refractivity contribution in [3.8, 4) is 5.75 Å². The summed E-state index contributed by atoms with van der Waals surface area (Å²) in [6, 6.07) is 14.6. The summed E-state index contributed by atoms with van der Waals surface area (Å²) < 4.78 is 7.69. The molecular weight excluding hydrogens is 535 g/mol. The molecule has 0 heterocycles. The Morgan fingerprint density at radius 2 is 1.79 bits per heavy atom. The van der Waals surface area contributed by atoms with E-state index >= 15 is 0 Å². The molecule has 0 aliphatic rings. The van der Waals surface area contributed by atoms with Crippen LogP contribution in [0.3, 0.4) is 0 Å². The van der Waals surface area contributed by atoms with Crippen LogP contribution < -0.4 is 10.1 Å². The summed E-state index contributed by atoms with van der Waals surface area (Å²) in [4.78, 5) is 26.9. The van der Waals surface area contributed by atoms with E-state index in [2.05, 4.69) is 43.8 Å². The minimum Gasteiger partial charge on any atom is -0.484 e. The van der Waals surface area contributed by atoms with Crippen LogP contribution in [0, 0.1) is 3.57 Å². The fraction of sp³-hybridized carbons (Fsp3) is 0.333. The first-order chi connectivity index (χ1) is 13.4. The van der Waals surface area contributed by atoms with Gasteiger partial charge in [0.05, 0.1) is 0 Å². The molecule has 0 aliphatic heterocycles. The van der Waals surface area contributed by atoms with E-state index in [1.807, 2.05) is 55.5 Å². The number of ether oxygens (including phenoxy) is 1. The van der Waals surface area contributed by atoms with E-state index in [9.17, 15) is 9.59 Å². The molecule has 0 spiro atoms. The minimum absolute atomic E-state index is 0.123. The molecule has 0 bridgehead atoms. The Bertz CT molecular complexity index is 781. The fourth-order valence-corrected chi connectivity index (χ4v) is 3.15. The van der Waals surface area contributed by atoms with Crippen LogP contribution in [0.1, 0.15) is 25.8 Å². The summed E-state index contributed by atoms with van der Waals surface area (Å²) in [5.74, 6) is 0.225. The number of nitrogens with one attached hydrogen (secondary N) is 1. The number of rotatable bonds is 9. The fourth-order valence-electron chi connectivity index (χ4n) is 2.52. The topological polar surface area (TPSA) is 58.6 Å². The number of benzene rings is 2. The largest absolute Gasteiger partial charge is 0.484 e. The van der Waals surface area contributed by atoms with E-state index in [0.717, 1.165) is 20.0 Å². The van der Waals surface area contributed by atoms with Gasteiger partial charge in [-0.2, -0.15) is 0 Å². The summed E-state index contributed by atoms with van der Waals surface area (Å²) in [6.45, 7) is 4.53. The lowest BCUT2D eigenvalue weighted by atomic mass is 10.1. The second-order valence-corrected chi connectivity index (χ2v) is 8.52. The van der Waals surface area contributed by atoms with Crippen LogP contribution >= 0.6 is 38.5 Å². The Balaban J connectivity index is 2.10. The Kier molecular flexibility index (Phi) is 9.24. The third-order valence-corrected chi connectivity index (χ3v) is 5.41. The Hall–Kier alpha value is -1.61. The van der Waals surface area contributed by atoms with Crippen molar-refractivity contribution < 1.29 is 14.3 Å². The van der Waals surface area contributed by atoms with E-state index in [1.54, 1.807) is 11.8 Å². The van der Waals surface area contributed by atoms with Gasteiger partial charge in [-0.1, -0.05) is 35.0 Å². The van der Waals surface area contributed by atoms with Crippen molar-refractivity contribution in [2.75, 3.05) is 13.2 Å². The summed E-state index contributed by atoms with van der Waals surface area (Å²) in [5, 5.41) is 2.86.